The van der Waals surface area contributed by atoms with E-state index in [4.69, 9.17) is 14.6 Å². The van der Waals surface area contributed by atoms with E-state index in [1.165, 1.54) is 0 Å². The Bertz CT molecular complexity index is 229. The van der Waals surface area contributed by atoms with Gasteiger partial charge in [0.05, 0.1) is 23.9 Å². The van der Waals surface area contributed by atoms with E-state index in [0.717, 1.165) is 25.9 Å². The molecule has 2 aliphatic rings. The van der Waals surface area contributed by atoms with Crippen LogP contribution in [0.1, 0.15) is 39.0 Å². The fourth-order valence-electron chi connectivity index (χ4n) is 2.69. The lowest BCUT2D eigenvalue weighted by molar-refractivity contribution is -0.157. The summed E-state index contributed by atoms with van der Waals surface area (Å²) in [6.07, 6.45) is 4.00. The van der Waals surface area contributed by atoms with Gasteiger partial charge in [0.1, 0.15) is 0 Å². The fraction of sp³-hybridized carbons (Fsp3) is 1.00. The zero-order valence-electron chi connectivity index (χ0n) is 9.89. The van der Waals surface area contributed by atoms with Gasteiger partial charge in [0, 0.05) is 13.2 Å². The summed E-state index contributed by atoms with van der Waals surface area (Å²) in [7, 11) is 0. The van der Waals surface area contributed by atoms with Crippen molar-refractivity contribution in [2.24, 2.45) is 0 Å². The van der Waals surface area contributed by atoms with Crippen molar-refractivity contribution in [3.8, 4) is 0 Å². The molecule has 0 unspecified atom stereocenters. The SMILES string of the molecule is C[C@@]1(O)CC[C@H]2OCCC[C@@H]2O[C@@H]1CCO. The van der Waals surface area contributed by atoms with Crippen LogP contribution in [0.3, 0.4) is 0 Å². The van der Waals surface area contributed by atoms with Crippen LogP contribution in [0.15, 0.2) is 0 Å². The Hall–Kier alpha value is -0.160. The molecule has 0 aromatic rings. The molecule has 0 saturated carbocycles. The first kappa shape index (κ1) is 12.3. The summed E-state index contributed by atoms with van der Waals surface area (Å²) in [5.41, 5.74) is -0.844. The highest BCUT2D eigenvalue weighted by Crippen LogP contribution is 2.33. The molecule has 94 valence electrons. The van der Waals surface area contributed by atoms with Crippen molar-refractivity contribution in [2.45, 2.75) is 62.9 Å². The van der Waals surface area contributed by atoms with Gasteiger partial charge in [0.25, 0.3) is 0 Å². The smallest absolute Gasteiger partial charge is 0.0886 e. The zero-order chi connectivity index (χ0) is 11.6. The number of fused-ring (bicyclic) bond motifs is 1. The number of ether oxygens (including phenoxy) is 2. The lowest BCUT2D eigenvalue weighted by Crippen LogP contribution is -2.43. The first-order valence-electron chi connectivity index (χ1n) is 6.24. The Morgan fingerprint density at radius 2 is 2.12 bits per heavy atom. The molecule has 2 rings (SSSR count). The molecular weight excluding hydrogens is 208 g/mol. The Kier molecular flexibility index (Phi) is 3.85. The van der Waals surface area contributed by atoms with Crippen LogP contribution in [0.5, 0.6) is 0 Å². The van der Waals surface area contributed by atoms with Crippen molar-refractivity contribution in [2.75, 3.05) is 13.2 Å². The van der Waals surface area contributed by atoms with E-state index in [1.54, 1.807) is 6.92 Å². The molecule has 0 aromatic carbocycles. The highest BCUT2D eigenvalue weighted by Gasteiger charge is 2.41. The van der Waals surface area contributed by atoms with E-state index in [9.17, 15) is 5.11 Å². The van der Waals surface area contributed by atoms with E-state index in [1.807, 2.05) is 0 Å². The Morgan fingerprint density at radius 1 is 1.31 bits per heavy atom. The summed E-state index contributed by atoms with van der Waals surface area (Å²) < 4.78 is 11.6. The van der Waals surface area contributed by atoms with Crippen LogP contribution in [0.4, 0.5) is 0 Å². The average Bonchev–Trinajstić information content (AvgIpc) is 2.38. The summed E-state index contributed by atoms with van der Waals surface area (Å²) in [6.45, 7) is 2.65. The minimum Gasteiger partial charge on any atom is -0.396 e. The van der Waals surface area contributed by atoms with Gasteiger partial charge in [0.2, 0.25) is 0 Å². The van der Waals surface area contributed by atoms with E-state index < -0.39 is 5.60 Å². The van der Waals surface area contributed by atoms with E-state index >= 15 is 0 Å². The fourth-order valence-corrected chi connectivity index (χ4v) is 2.69. The van der Waals surface area contributed by atoms with Crippen LogP contribution < -0.4 is 0 Å². The molecule has 2 aliphatic heterocycles. The lowest BCUT2D eigenvalue weighted by Gasteiger charge is -2.34. The quantitative estimate of drug-likeness (QED) is 0.738. The molecule has 0 spiro atoms. The molecule has 4 nitrogen and oxygen atoms in total. The largest absolute Gasteiger partial charge is 0.396 e. The minimum atomic E-state index is -0.844. The summed E-state index contributed by atoms with van der Waals surface area (Å²) in [6, 6.07) is 0. The molecule has 0 amide bonds. The third kappa shape index (κ3) is 2.56. The normalized spacial score (nSPS) is 44.8. The van der Waals surface area contributed by atoms with Gasteiger partial charge in [-0.25, -0.2) is 0 Å². The Morgan fingerprint density at radius 3 is 2.88 bits per heavy atom. The van der Waals surface area contributed by atoms with Crippen LogP contribution in [0.2, 0.25) is 0 Å². The molecule has 4 heteroatoms. The van der Waals surface area contributed by atoms with E-state index in [-0.39, 0.29) is 24.9 Å². The molecule has 2 heterocycles. The molecule has 0 radical (unpaired) electrons. The molecule has 2 fully saturated rings. The standard InChI is InChI=1S/C12H22O4/c1-12(14)6-4-9-10(3-2-8-15-9)16-11(12)5-7-13/h9-11,13-14H,2-8H2,1H3/t9-,10+,11-,12-/m1/s1. The predicted molar refractivity (Wildman–Crippen MR) is 59.2 cm³/mol. The summed E-state index contributed by atoms with van der Waals surface area (Å²) in [5.74, 6) is 0. The van der Waals surface area contributed by atoms with Gasteiger partial charge in [-0.15, -0.1) is 0 Å². The predicted octanol–water partition coefficient (Wildman–Crippen LogP) is 0.846. The van der Waals surface area contributed by atoms with Gasteiger partial charge >= 0.3 is 0 Å². The molecule has 2 N–H and O–H groups in total. The van der Waals surface area contributed by atoms with Crippen LogP contribution in [-0.2, 0) is 9.47 Å². The monoisotopic (exact) mass is 230 g/mol. The first-order chi connectivity index (χ1) is 7.63. The highest BCUT2D eigenvalue weighted by molar-refractivity contribution is 4.91. The zero-order valence-corrected chi connectivity index (χ0v) is 9.89. The van der Waals surface area contributed by atoms with Crippen molar-refractivity contribution in [1.29, 1.82) is 0 Å². The van der Waals surface area contributed by atoms with Crippen molar-refractivity contribution in [3.63, 3.8) is 0 Å². The molecular formula is C12H22O4. The van der Waals surface area contributed by atoms with E-state index in [2.05, 4.69) is 0 Å². The number of hydrogen-bond acceptors (Lipinski definition) is 4. The maximum atomic E-state index is 10.3. The number of rotatable bonds is 2. The highest BCUT2D eigenvalue weighted by atomic mass is 16.6. The maximum Gasteiger partial charge on any atom is 0.0886 e. The minimum absolute atomic E-state index is 0.0546. The first-order valence-corrected chi connectivity index (χ1v) is 6.24. The van der Waals surface area contributed by atoms with Gasteiger partial charge < -0.3 is 19.7 Å². The van der Waals surface area contributed by atoms with Crippen LogP contribution in [0, 0.1) is 0 Å². The van der Waals surface area contributed by atoms with Gasteiger partial charge in [0.15, 0.2) is 0 Å². The van der Waals surface area contributed by atoms with Gasteiger partial charge in [-0.05, 0) is 39.0 Å². The summed E-state index contributed by atoms with van der Waals surface area (Å²) in [5, 5.41) is 19.3. The van der Waals surface area contributed by atoms with Gasteiger partial charge in [-0.2, -0.15) is 0 Å². The molecule has 0 aromatic heterocycles. The maximum absolute atomic E-state index is 10.3. The van der Waals surface area contributed by atoms with Crippen molar-refractivity contribution < 1.29 is 19.7 Å². The molecule has 4 atom stereocenters. The number of aliphatic hydroxyl groups excluding tert-OH is 1. The van der Waals surface area contributed by atoms with Crippen LogP contribution in [0.25, 0.3) is 0 Å². The van der Waals surface area contributed by atoms with Crippen LogP contribution in [-0.4, -0.2) is 47.3 Å². The Balaban J connectivity index is 2.06. The van der Waals surface area contributed by atoms with Gasteiger partial charge in [-0.3, -0.25) is 0 Å². The molecule has 0 bridgehead atoms. The second-order valence-corrected chi connectivity index (χ2v) is 5.12. The summed E-state index contributed by atoms with van der Waals surface area (Å²) >= 11 is 0. The van der Waals surface area contributed by atoms with Crippen molar-refractivity contribution in [1.82, 2.24) is 0 Å². The van der Waals surface area contributed by atoms with Crippen molar-refractivity contribution >= 4 is 0 Å². The second kappa shape index (κ2) is 5.00. The molecule has 16 heavy (non-hydrogen) atoms. The number of aliphatic hydroxyl groups is 2. The second-order valence-electron chi connectivity index (χ2n) is 5.12. The molecule has 2 saturated heterocycles. The van der Waals surface area contributed by atoms with Gasteiger partial charge in [-0.1, -0.05) is 0 Å². The Labute approximate surface area is 96.6 Å². The van der Waals surface area contributed by atoms with E-state index in [0.29, 0.717) is 12.8 Å². The number of hydrogen-bond donors (Lipinski definition) is 2. The average molecular weight is 230 g/mol. The van der Waals surface area contributed by atoms with Crippen LogP contribution >= 0.6 is 0 Å². The summed E-state index contributed by atoms with van der Waals surface area (Å²) in [4.78, 5) is 0. The molecule has 0 aliphatic carbocycles. The van der Waals surface area contributed by atoms with Crippen molar-refractivity contribution in [3.05, 3.63) is 0 Å². The topological polar surface area (TPSA) is 58.9 Å². The third-order valence-electron chi connectivity index (χ3n) is 3.74. The lowest BCUT2D eigenvalue weighted by atomic mass is 9.91. The third-order valence-corrected chi connectivity index (χ3v) is 3.74.